The Balaban J connectivity index is 1.75. The van der Waals surface area contributed by atoms with Crippen LogP contribution in [-0.2, 0) is 16.4 Å². The molecule has 3 rings (SSSR count). The van der Waals surface area contributed by atoms with E-state index in [1.165, 1.54) is 5.56 Å². The van der Waals surface area contributed by atoms with Gasteiger partial charge in [0.25, 0.3) is 0 Å². The smallest absolute Gasteiger partial charge is 0.243 e. The first-order valence-corrected chi connectivity index (χ1v) is 9.65. The molecule has 0 bridgehead atoms. The van der Waals surface area contributed by atoms with Crippen molar-refractivity contribution < 1.29 is 8.42 Å². The summed E-state index contributed by atoms with van der Waals surface area (Å²) in [5.74, 6) is 0.579. The fourth-order valence-electron chi connectivity index (χ4n) is 3.66. The minimum absolute atomic E-state index is 0.171. The Bertz CT molecular complexity index is 617. The van der Waals surface area contributed by atoms with Crippen LogP contribution in [0.25, 0.3) is 0 Å². The van der Waals surface area contributed by atoms with E-state index in [1.807, 2.05) is 12.1 Å². The van der Waals surface area contributed by atoms with E-state index in [2.05, 4.69) is 19.2 Å². The van der Waals surface area contributed by atoms with Crippen molar-refractivity contribution >= 4 is 10.0 Å². The van der Waals surface area contributed by atoms with Gasteiger partial charge in [0.15, 0.2) is 0 Å². The maximum absolute atomic E-state index is 12.8. The van der Waals surface area contributed by atoms with Crippen LogP contribution in [0.15, 0.2) is 29.2 Å². The molecule has 1 N–H and O–H groups in total. The largest absolute Gasteiger partial charge is 0.316 e. The predicted octanol–water partition coefficient (Wildman–Crippen LogP) is 2.26. The van der Waals surface area contributed by atoms with Crippen LogP contribution in [0.4, 0.5) is 0 Å². The van der Waals surface area contributed by atoms with E-state index >= 15 is 0 Å². The molecule has 1 unspecified atom stereocenters. The molecule has 2 saturated heterocycles. The second-order valence-electron chi connectivity index (χ2n) is 7.26. The molecular weight excluding hydrogens is 296 g/mol. The Labute approximate surface area is 134 Å². The van der Waals surface area contributed by atoms with E-state index in [4.69, 9.17) is 0 Å². The van der Waals surface area contributed by atoms with Gasteiger partial charge in [-0.05, 0) is 54.8 Å². The molecule has 122 valence electrons. The average molecular weight is 322 g/mol. The van der Waals surface area contributed by atoms with Crippen molar-refractivity contribution in [2.45, 2.75) is 38.0 Å². The van der Waals surface area contributed by atoms with Gasteiger partial charge in [0.1, 0.15) is 0 Å². The number of nitrogens with zero attached hydrogens (tertiary/aromatic N) is 1. The zero-order valence-electron chi connectivity index (χ0n) is 13.5. The van der Waals surface area contributed by atoms with E-state index in [0.29, 0.717) is 23.9 Å². The SMILES string of the molecule is CC(C)Cc1ccc(S(=O)(=O)N2CCC3(CCNC3)C2)cc1. The van der Waals surface area contributed by atoms with Crippen LogP contribution >= 0.6 is 0 Å². The fraction of sp³-hybridized carbons (Fsp3) is 0.647. The highest BCUT2D eigenvalue weighted by Crippen LogP contribution is 2.38. The third-order valence-corrected chi connectivity index (χ3v) is 6.80. The van der Waals surface area contributed by atoms with Crippen molar-refractivity contribution in [1.29, 1.82) is 0 Å². The van der Waals surface area contributed by atoms with Crippen LogP contribution in [0.5, 0.6) is 0 Å². The van der Waals surface area contributed by atoms with Crippen LogP contribution in [0, 0.1) is 11.3 Å². The molecular formula is C17H26N2O2S. The van der Waals surface area contributed by atoms with Gasteiger partial charge in [0, 0.05) is 19.6 Å². The molecule has 1 aromatic rings. The van der Waals surface area contributed by atoms with Gasteiger partial charge in [-0.15, -0.1) is 0 Å². The van der Waals surface area contributed by atoms with Crippen molar-refractivity contribution in [3.63, 3.8) is 0 Å². The van der Waals surface area contributed by atoms with Crippen LogP contribution in [0.1, 0.15) is 32.3 Å². The molecule has 0 aromatic heterocycles. The zero-order valence-corrected chi connectivity index (χ0v) is 14.3. The monoisotopic (exact) mass is 322 g/mol. The number of rotatable bonds is 4. The molecule has 5 heteroatoms. The number of hydrogen-bond donors (Lipinski definition) is 1. The summed E-state index contributed by atoms with van der Waals surface area (Å²) in [4.78, 5) is 0.433. The van der Waals surface area contributed by atoms with Gasteiger partial charge in [-0.1, -0.05) is 26.0 Å². The summed E-state index contributed by atoms with van der Waals surface area (Å²) in [6, 6.07) is 7.45. The molecule has 1 spiro atoms. The van der Waals surface area contributed by atoms with Gasteiger partial charge < -0.3 is 5.32 Å². The zero-order chi connectivity index (χ0) is 15.8. The Morgan fingerprint density at radius 1 is 1.23 bits per heavy atom. The lowest BCUT2D eigenvalue weighted by atomic mass is 9.87. The molecule has 22 heavy (non-hydrogen) atoms. The molecule has 1 atom stereocenters. The summed E-state index contributed by atoms with van der Waals surface area (Å²) in [6.45, 7) is 7.62. The van der Waals surface area contributed by atoms with Crippen LogP contribution in [-0.4, -0.2) is 38.9 Å². The first-order valence-electron chi connectivity index (χ1n) is 8.21. The molecule has 1 aromatic carbocycles. The number of benzene rings is 1. The van der Waals surface area contributed by atoms with E-state index in [0.717, 1.165) is 32.4 Å². The second kappa shape index (κ2) is 5.95. The maximum atomic E-state index is 12.8. The van der Waals surface area contributed by atoms with Crippen LogP contribution in [0.2, 0.25) is 0 Å². The standard InChI is InChI=1S/C17H26N2O2S/c1-14(2)11-15-3-5-16(6-4-15)22(20,21)19-10-8-17(13-19)7-9-18-12-17/h3-6,14,18H,7-13H2,1-2H3. The summed E-state index contributed by atoms with van der Waals surface area (Å²) in [6.07, 6.45) is 3.05. The molecule has 2 fully saturated rings. The van der Waals surface area contributed by atoms with Gasteiger partial charge in [-0.3, -0.25) is 0 Å². The highest BCUT2D eigenvalue weighted by Gasteiger charge is 2.44. The summed E-state index contributed by atoms with van der Waals surface area (Å²) in [5.41, 5.74) is 1.37. The molecule has 0 aliphatic carbocycles. The van der Waals surface area contributed by atoms with Crippen molar-refractivity contribution in [3.05, 3.63) is 29.8 Å². The third kappa shape index (κ3) is 3.07. The lowest BCUT2D eigenvalue weighted by molar-refractivity contribution is 0.338. The minimum Gasteiger partial charge on any atom is -0.316 e. The quantitative estimate of drug-likeness (QED) is 0.925. The van der Waals surface area contributed by atoms with Crippen molar-refractivity contribution in [2.75, 3.05) is 26.2 Å². The lowest BCUT2D eigenvalue weighted by Gasteiger charge is -2.22. The summed E-state index contributed by atoms with van der Waals surface area (Å²) in [5, 5.41) is 3.37. The predicted molar refractivity (Wildman–Crippen MR) is 88.3 cm³/mol. The molecule has 2 aliphatic rings. The van der Waals surface area contributed by atoms with Crippen LogP contribution < -0.4 is 5.32 Å². The minimum atomic E-state index is -3.34. The average Bonchev–Trinajstić information content (AvgIpc) is 3.10. The maximum Gasteiger partial charge on any atom is 0.243 e. The Morgan fingerprint density at radius 3 is 2.55 bits per heavy atom. The highest BCUT2D eigenvalue weighted by atomic mass is 32.2. The van der Waals surface area contributed by atoms with E-state index in [9.17, 15) is 8.42 Å². The van der Waals surface area contributed by atoms with Crippen molar-refractivity contribution in [1.82, 2.24) is 9.62 Å². The third-order valence-electron chi connectivity index (χ3n) is 4.94. The van der Waals surface area contributed by atoms with Gasteiger partial charge in [-0.2, -0.15) is 4.31 Å². The Hall–Kier alpha value is -0.910. The second-order valence-corrected chi connectivity index (χ2v) is 9.20. The topological polar surface area (TPSA) is 49.4 Å². The summed E-state index contributed by atoms with van der Waals surface area (Å²) >= 11 is 0. The highest BCUT2D eigenvalue weighted by molar-refractivity contribution is 7.89. The van der Waals surface area contributed by atoms with E-state index in [1.54, 1.807) is 16.4 Å². The molecule has 2 heterocycles. The first kappa shape index (κ1) is 16.0. The Morgan fingerprint density at radius 2 is 1.95 bits per heavy atom. The van der Waals surface area contributed by atoms with E-state index < -0.39 is 10.0 Å². The van der Waals surface area contributed by atoms with Gasteiger partial charge in [0.05, 0.1) is 4.90 Å². The normalized spacial score (nSPS) is 26.3. The molecule has 0 saturated carbocycles. The van der Waals surface area contributed by atoms with Gasteiger partial charge in [0.2, 0.25) is 10.0 Å². The molecule has 2 aliphatic heterocycles. The summed E-state index contributed by atoms with van der Waals surface area (Å²) in [7, 11) is -3.34. The number of sulfonamides is 1. The van der Waals surface area contributed by atoms with Crippen molar-refractivity contribution in [3.8, 4) is 0 Å². The number of hydrogen-bond acceptors (Lipinski definition) is 3. The fourth-order valence-corrected chi connectivity index (χ4v) is 5.21. The van der Waals surface area contributed by atoms with Gasteiger partial charge >= 0.3 is 0 Å². The number of nitrogens with one attached hydrogen (secondary N) is 1. The summed E-state index contributed by atoms with van der Waals surface area (Å²) < 4.78 is 27.3. The Kier molecular flexibility index (Phi) is 4.32. The van der Waals surface area contributed by atoms with Crippen LogP contribution in [0.3, 0.4) is 0 Å². The molecule has 0 radical (unpaired) electrons. The first-order chi connectivity index (χ1) is 10.4. The molecule has 0 amide bonds. The van der Waals surface area contributed by atoms with Crippen molar-refractivity contribution in [2.24, 2.45) is 11.3 Å². The lowest BCUT2D eigenvalue weighted by Crippen LogP contribution is -2.33. The molecule has 4 nitrogen and oxygen atoms in total. The van der Waals surface area contributed by atoms with Gasteiger partial charge in [-0.25, -0.2) is 8.42 Å². The van der Waals surface area contributed by atoms with E-state index in [-0.39, 0.29) is 5.41 Å².